The van der Waals surface area contributed by atoms with Gasteiger partial charge < -0.3 is 14.6 Å². The molecule has 0 fully saturated rings. The third-order valence-corrected chi connectivity index (χ3v) is 2.92. The van der Waals surface area contributed by atoms with Crippen LogP contribution < -0.4 is 4.74 Å². The Labute approximate surface area is 117 Å². The molecule has 0 atom stereocenters. The number of benzene rings is 2. The Balaban J connectivity index is 2.49. The largest absolute Gasteiger partial charge is 0.507 e. The van der Waals surface area contributed by atoms with E-state index in [0.717, 1.165) is 11.3 Å². The van der Waals surface area contributed by atoms with Gasteiger partial charge in [0.1, 0.15) is 17.1 Å². The molecule has 0 saturated heterocycles. The van der Waals surface area contributed by atoms with Crippen molar-refractivity contribution in [2.24, 2.45) is 0 Å². The summed E-state index contributed by atoms with van der Waals surface area (Å²) in [7, 11) is 1.59. The monoisotopic (exact) mass is 272 g/mol. The van der Waals surface area contributed by atoms with Crippen molar-refractivity contribution in [3.8, 4) is 22.6 Å². The Hall–Kier alpha value is -2.49. The fraction of sp³-hybridized carbons (Fsp3) is 0.188. The molecule has 4 heteroatoms. The first-order valence-corrected chi connectivity index (χ1v) is 6.31. The van der Waals surface area contributed by atoms with Gasteiger partial charge in [-0.05, 0) is 36.2 Å². The van der Waals surface area contributed by atoms with Crippen LogP contribution in [0.1, 0.15) is 17.3 Å². The maximum Gasteiger partial charge on any atom is 0.342 e. The van der Waals surface area contributed by atoms with Crippen molar-refractivity contribution in [3.63, 3.8) is 0 Å². The Morgan fingerprint density at radius 1 is 1.15 bits per heavy atom. The number of esters is 1. The van der Waals surface area contributed by atoms with E-state index in [1.54, 1.807) is 38.3 Å². The summed E-state index contributed by atoms with van der Waals surface area (Å²) < 4.78 is 10.1. The second-order valence-electron chi connectivity index (χ2n) is 4.15. The second kappa shape index (κ2) is 6.10. The molecule has 0 bridgehead atoms. The highest BCUT2D eigenvalue weighted by Crippen LogP contribution is 2.31. The summed E-state index contributed by atoms with van der Waals surface area (Å²) in [6, 6.07) is 12.2. The van der Waals surface area contributed by atoms with E-state index in [2.05, 4.69) is 0 Å². The molecule has 0 aliphatic heterocycles. The van der Waals surface area contributed by atoms with Crippen LogP contribution in [0.2, 0.25) is 0 Å². The summed E-state index contributed by atoms with van der Waals surface area (Å²) >= 11 is 0. The van der Waals surface area contributed by atoms with Crippen LogP contribution in [0, 0.1) is 0 Å². The van der Waals surface area contributed by atoms with Crippen LogP contribution in [0.4, 0.5) is 0 Å². The van der Waals surface area contributed by atoms with Gasteiger partial charge in [-0.1, -0.05) is 24.3 Å². The summed E-state index contributed by atoms with van der Waals surface area (Å²) in [5.41, 5.74) is 1.62. The fourth-order valence-corrected chi connectivity index (χ4v) is 1.97. The average Bonchev–Trinajstić information content (AvgIpc) is 2.47. The van der Waals surface area contributed by atoms with Crippen LogP contribution in [0.3, 0.4) is 0 Å². The Morgan fingerprint density at radius 3 is 2.45 bits per heavy atom. The van der Waals surface area contributed by atoms with E-state index in [0.29, 0.717) is 5.56 Å². The van der Waals surface area contributed by atoms with Crippen LogP contribution in [-0.2, 0) is 4.74 Å². The van der Waals surface area contributed by atoms with Gasteiger partial charge in [-0.3, -0.25) is 0 Å². The van der Waals surface area contributed by atoms with Crippen LogP contribution >= 0.6 is 0 Å². The fourth-order valence-electron chi connectivity index (χ4n) is 1.97. The lowest BCUT2D eigenvalue weighted by Crippen LogP contribution is -2.06. The van der Waals surface area contributed by atoms with Gasteiger partial charge in [-0.2, -0.15) is 0 Å². The molecule has 0 aliphatic rings. The van der Waals surface area contributed by atoms with Crippen molar-refractivity contribution in [1.82, 2.24) is 0 Å². The maximum atomic E-state index is 12.0. The molecule has 20 heavy (non-hydrogen) atoms. The molecule has 0 spiro atoms. The molecule has 0 unspecified atom stereocenters. The van der Waals surface area contributed by atoms with E-state index in [1.165, 1.54) is 6.07 Å². The topological polar surface area (TPSA) is 55.8 Å². The van der Waals surface area contributed by atoms with Gasteiger partial charge in [-0.15, -0.1) is 0 Å². The lowest BCUT2D eigenvalue weighted by molar-refractivity contribution is 0.0524. The highest BCUT2D eigenvalue weighted by Gasteiger charge is 2.18. The molecule has 104 valence electrons. The maximum absolute atomic E-state index is 12.0. The van der Waals surface area contributed by atoms with E-state index < -0.39 is 5.97 Å². The molecule has 2 aromatic rings. The molecule has 0 aliphatic carbocycles. The summed E-state index contributed by atoms with van der Waals surface area (Å²) in [5.74, 6) is 0.111. The molecular weight excluding hydrogens is 256 g/mol. The zero-order valence-electron chi connectivity index (χ0n) is 11.4. The summed E-state index contributed by atoms with van der Waals surface area (Å²) in [5, 5.41) is 9.92. The van der Waals surface area contributed by atoms with Crippen molar-refractivity contribution in [2.75, 3.05) is 13.7 Å². The zero-order valence-corrected chi connectivity index (χ0v) is 11.4. The number of carbonyl (C=O) groups excluding carboxylic acids is 1. The minimum Gasteiger partial charge on any atom is -0.507 e. The molecule has 0 radical (unpaired) electrons. The molecule has 4 nitrogen and oxygen atoms in total. The molecule has 1 N–H and O–H groups in total. The first kappa shape index (κ1) is 13.9. The highest BCUT2D eigenvalue weighted by atomic mass is 16.5. The van der Waals surface area contributed by atoms with Crippen LogP contribution in [0.25, 0.3) is 11.1 Å². The van der Waals surface area contributed by atoms with Gasteiger partial charge in [0.25, 0.3) is 0 Å². The number of rotatable bonds is 4. The van der Waals surface area contributed by atoms with Crippen molar-refractivity contribution in [2.45, 2.75) is 6.92 Å². The van der Waals surface area contributed by atoms with E-state index in [4.69, 9.17) is 9.47 Å². The third-order valence-electron chi connectivity index (χ3n) is 2.92. The normalized spacial score (nSPS) is 10.1. The molecular formula is C16H16O4. The zero-order chi connectivity index (χ0) is 14.5. The SMILES string of the molecule is CCOC(=O)c1c(O)cccc1-c1ccc(OC)cc1. The third kappa shape index (κ3) is 2.74. The van der Waals surface area contributed by atoms with Crippen LogP contribution in [-0.4, -0.2) is 24.8 Å². The van der Waals surface area contributed by atoms with E-state index >= 15 is 0 Å². The van der Waals surface area contributed by atoms with Gasteiger partial charge in [0.2, 0.25) is 0 Å². The Kier molecular flexibility index (Phi) is 4.25. The Morgan fingerprint density at radius 2 is 1.85 bits per heavy atom. The number of methoxy groups -OCH3 is 1. The van der Waals surface area contributed by atoms with Crippen LogP contribution in [0.15, 0.2) is 42.5 Å². The van der Waals surface area contributed by atoms with Gasteiger partial charge in [0.05, 0.1) is 13.7 Å². The second-order valence-corrected chi connectivity index (χ2v) is 4.15. The molecule has 2 aromatic carbocycles. The van der Waals surface area contributed by atoms with Crippen molar-refractivity contribution < 1.29 is 19.4 Å². The first-order chi connectivity index (χ1) is 9.67. The van der Waals surface area contributed by atoms with Gasteiger partial charge in [0.15, 0.2) is 0 Å². The number of ether oxygens (including phenoxy) is 2. The first-order valence-electron chi connectivity index (χ1n) is 6.31. The molecule has 0 saturated carbocycles. The van der Waals surface area contributed by atoms with E-state index in [1.807, 2.05) is 12.1 Å². The molecule has 0 heterocycles. The highest BCUT2D eigenvalue weighted by molar-refractivity contribution is 6.00. The van der Waals surface area contributed by atoms with Gasteiger partial charge in [-0.25, -0.2) is 4.79 Å². The van der Waals surface area contributed by atoms with E-state index in [9.17, 15) is 9.90 Å². The number of carbonyl (C=O) groups is 1. The lowest BCUT2D eigenvalue weighted by atomic mass is 9.99. The van der Waals surface area contributed by atoms with Crippen molar-refractivity contribution in [1.29, 1.82) is 0 Å². The summed E-state index contributed by atoms with van der Waals surface area (Å²) in [6.45, 7) is 1.99. The summed E-state index contributed by atoms with van der Waals surface area (Å²) in [4.78, 5) is 12.0. The minimum absolute atomic E-state index is 0.0863. The number of aromatic hydroxyl groups is 1. The average molecular weight is 272 g/mol. The summed E-state index contributed by atoms with van der Waals surface area (Å²) in [6.07, 6.45) is 0. The molecule has 2 rings (SSSR count). The van der Waals surface area contributed by atoms with Gasteiger partial charge >= 0.3 is 5.97 Å². The predicted octanol–water partition coefficient (Wildman–Crippen LogP) is 3.24. The van der Waals surface area contributed by atoms with Crippen LogP contribution in [0.5, 0.6) is 11.5 Å². The standard InChI is InChI=1S/C16H16O4/c1-3-20-16(18)15-13(5-4-6-14(15)17)11-7-9-12(19-2)10-8-11/h4-10,17H,3H2,1-2H3. The van der Waals surface area contributed by atoms with E-state index in [-0.39, 0.29) is 17.9 Å². The Bertz CT molecular complexity index is 602. The number of hydrogen-bond donors (Lipinski definition) is 1. The van der Waals surface area contributed by atoms with Crippen molar-refractivity contribution in [3.05, 3.63) is 48.0 Å². The molecule has 0 amide bonds. The van der Waals surface area contributed by atoms with Gasteiger partial charge in [0, 0.05) is 0 Å². The smallest absolute Gasteiger partial charge is 0.342 e. The predicted molar refractivity (Wildman–Crippen MR) is 76.1 cm³/mol. The lowest BCUT2D eigenvalue weighted by Gasteiger charge is -2.11. The number of hydrogen-bond acceptors (Lipinski definition) is 4. The van der Waals surface area contributed by atoms with Crippen molar-refractivity contribution >= 4 is 5.97 Å². The molecule has 0 aromatic heterocycles. The number of phenolic OH excluding ortho intramolecular Hbond substituents is 1. The number of phenols is 1. The minimum atomic E-state index is -0.531. The quantitative estimate of drug-likeness (QED) is 0.868.